The molecular weight excluding hydrogens is 301 g/mol. The summed E-state index contributed by atoms with van der Waals surface area (Å²) in [6, 6.07) is 3.92. The molecule has 23 heavy (non-hydrogen) atoms. The fourth-order valence-electron chi connectivity index (χ4n) is 3.19. The Morgan fingerprint density at radius 1 is 1.39 bits per heavy atom. The number of carbonyl (C=O) groups excluding carboxylic acids is 2. The molecule has 2 amide bonds. The number of hydrogen-bond donors (Lipinski definition) is 3. The molecule has 0 radical (unpaired) electrons. The molecule has 7 heteroatoms. The lowest BCUT2D eigenvalue weighted by Gasteiger charge is -2.17. The van der Waals surface area contributed by atoms with Crippen LogP contribution in [0.3, 0.4) is 0 Å². The van der Waals surface area contributed by atoms with Gasteiger partial charge < -0.3 is 21.1 Å². The largest absolute Gasteiger partial charge is 0.391 e. The smallest absolute Gasteiger partial charge is 0.227 e. The van der Waals surface area contributed by atoms with Gasteiger partial charge in [-0.1, -0.05) is 0 Å². The highest BCUT2D eigenvalue weighted by atomic mass is 19.1. The van der Waals surface area contributed by atoms with Crippen molar-refractivity contribution in [2.24, 2.45) is 11.7 Å². The summed E-state index contributed by atoms with van der Waals surface area (Å²) in [6.07, 6.45) is 1.22. The van der Waals surface area contributed by atoms with E-state index in [1.54, 1.807) is 11.0 Å². The van der Waals surface area contributed by atoms with Crippen molar-refractivity contribution in [1.29, 1.82) is 0 Å². The highest BCUT2D eigenvalue weighted by molar-refractivity contribution is 5.96. The number of rotatable bonds is 3. The molecule has 3 atom stereocenters. The van der Waals surface area contributed by atoms with E-state index in [0.717, 1.165) is 6.42 Å². The van der Waals surface area contributed by atoms with Gasteiger partial charge in [0, 0.05) is 30.6 Å². The Morgan fingerprint density at radius 2 is 2.17 bits per heavy atom. The molecule has 1 saturated carbocycles. The van der Waals surface area contributed by atoms with Crippen LogP contribution >= 0.6 is 0 Å². The summed E-state index contributed by atoms with van der Waals surface area (Å²) in [7, 11) is 0. The first-order valence-electron chi connectivity index (χ1n) is 7.80. The van der Waals surface area contributed by atoms with Crippen molar-refractivity contribution in [2.75, 3.05) is 16.8 Å². The lowest BCUT2D eigenvalue weighted by Crippen LogP contribution is -2.28. The molecule has 6 nitrogen and oxygen atoms in total. The Labute approximate surface area is 133 Å². The number of amides is 2. The van der Waals surface area contributed by atoms with Gasteiger partial charge in [-0.2, -0.15) is 0 Å². The maximum Gasteiger partial charge on any atom is 0.227 e. The van der Waals surface area contributed by atoms with Gasteiger partial charge >= 0.3 is 0 Å². The predicted molar refractivity (Wildman–Crippen MR) is 83.3 cm³/mol. The van der Waals surface area contributed by atoms with Crippen molar-refractivity contribution >= 4 is 23.2 Å². The second-order valence-electron chi connectivity index (χ2n) is 6.20. The van der Waals surface area contributed by atoms with Crippen molar-refractivity contribution in [2.45, 2.75) is 37.8 Å². The van der Waals surface area contributed by atoms with E-state index in [9.17, 15) is 19.1 Å². The van der Waals surface area contributed by atoms with Gasteiger partial charge in [0.25, 0.3) is 0 Å². The molecule has 1 aliphatic carbocycles. The van der Waals surface area contributed by atoms with E-state index in [0.29, 0.717) is 25.1 Å². The first-order chi connectivity index (χ1) is 11.0. The number of aliphatic hydroxyl groups is 1. The van der Waals surface area contributed by atoms with Crippen LogP contribution in [0.15, 0.2) is 18.2 Å². The number of nitrogens with one attached hydrogen (secondary N) is 1. The molecule has 1 aromatic rings. The van der Waals surface area contributed by atoms with Crippen LogP contribution in [0, 0.1) is 11.7 Å². The van der Waals surface area contributed by atoms with Crippen molar-refractivity contribution in [3.05, 3.63) is 24.0 Å². The minimum Gasteiger partial charge on any atom is -0.391 e. The zero-order valence-corrected chi connectivity index (χ0v) is 12.7. The molecule has 3 rings (SSSR count). The van der Waals surface area contributed by atoms with E-state index in [1.807, 2.05) is 0 Å². The van der Waals surface area contributed by atoms with E-state index >= 15 is 0 Å². The molecule has 0 unspecified atom stereocenters. The molecule has 1 aromatic carbocycles. The summed E-state index contributed by atoms with van der Waals surface area (Å²) in [4.78, 5) is 25.4. The minimum absolute atomic E-state index is 0.0184. The first kappa shape index (κ1) is 15.9. The molecule has 2 fully saturated rings. The number of anilines is 2. The molecule has 1 aliphatic heterocycles. The van der Waals surface area contributed by atoms with Gasteiger partial charge in [-0.3, -0.25) is 9.59 Å². The lowest BCUT2D eigenvalue weighted by molar-refractivity contribution is -0.120. The van der Waals surface area contributed by atoms with E-state index < -0.39 is 23.9 Å². The number of nitrogens with two attached hydrogens (primary N) is 1. The number of carbonyl (C=O) groups is 2. The standard InChI is InChI=1S/C16H20FN3O3/c17-11-8-10(20-5-1-2-15(20)22)3-4-13(11)19-16(23)9-6-12(18)14(21)7-9/h3-4,8-9,12,14,21H,1-2,5-7,18H2,(H,19,23)/t9-,12+,14+/m1/s1. The van der Waals surface area contributed by atoms with Gasteiger partial charge in [-0.15, -0.1) is 0 Å². The van der Waals surface area contributed by atoms with E-state index in [1.165, 1.54) is 12.1 Å². The Kier molecular flexibility index (Phi) is 4.32. The molecule has 4 N–H and O–H groups in total. The summed E-state index contributed by atoms with van der Waals surface area (Å²) in [5, 5.41) is 12.1. The van der Waals surface area contributed by atoms with E-state index in [2.05, 4.69) is 5.32 Å². The second-order valence-corrected chi connectivity index (χ2v) is 6.20. The summed E-state index contributed by atoms with van der Waals surface area (Å²) in [5.74, 6) is -1.37. The van der Waals surface area contributed by atoms with Crippen LogP contribution in [0.1, 0.15) is 25.7 Å². The maximum atomic E-state index is 14.2. The first-order valence-corrected chi connectivity index (χ1v) is 7.80. The zero-order chi connectivity index (χ0) is 16.6. The SMILES string of the molecule is N[C@H]1C[C@@H](C(=O)Nc2ccc(N3CCCC3=O)cc2F)C[C@@H]1O. The molecule has 0 spiro atoms. The second kappa shape index (κ2) is 6.25. The topological polar surface area (TPSA) is 95.7 Å². The fraction of sp³-hybridized carbons (Fsp3) is 0.500. The van der Waals surface area contributed by atoms with Crippen molar-refractivity contribution < 1.29 is 19.1 Å². The summed E-state index contributed by atoms with van der Waals surface area (Å²) >= 11 is 0. The number of halogens is 1. The average Bonchev–Trinajstić information content (AvgIpc) is 3.08. The normalized spacial score (nSPS) is 27.5. The van der Waals surface area contributed by atoms with E-state index in [-0.39, 0.29) is 23.9 Å². The third-order valence-electron chi connectivity index (χ3n) is 4.54. The van der Waals surface area contributed by atoms with Crippen LogP contribution in [0.4, 0.5) is 15.8 Å². The molecule has 0 aromatic heterocycles. The Balaban J connectivity index is 1.69. The molecular formula is C16H20FN3O3. The van der Waals surface area contributed by atoms with Crippen LogP contribution < -0.4 is 16.0 Å². The zero-order valence-electron chi connectivity index (χ0n) is 12.7. The Bertz CT molecular complexity index is 627. The highest BCUT2D eigenvalue weighted by Gasteiger charge is 2.35. The summed E-state index contributed by atoms with van der Waals surface area (Å²) in [5.41, 5.74) is 6.26. The number of hydrogen-bond acceptors (Lipinski definition) is 4. The molecule has 2 aliphatic rings. The average molecular weight is 321 g/mol. The molecule has 124 valence electrons. The monoisotopic (exact) mass is 321 g/mol. The van der Waals surface area contributed by atoms with Gasteiger partial charge in [0.05, 0.1) is 11.8 Å². The number of nitrogens with zero attached hydrogens (tertiary/aromatic N) is 1. The van der Waals surface area contributed by atoms with E-state index in [4.69, 9.17) is 5.73 Å². The van der Waals surface area contributed by atoms with Gasteiger partial charge in [-0.25, -0.2) is 4.39 Å². The third kappa shape index (κ3) is 3.20. The van der Waals surface area contributed by atoms with Crippen LogP contribution in [0.5, 0.6) is 0 Å². The van der Waals surface area contributed by atoms with Crippen molar-refractivity contribution in [1.82, 2.24) is 0 Å². The maximum absolute atomic E-state index is 14.2. The molecule has 1 saturated heterocycles. The van der Waals surface area contributed by atoms with Gasteiger partial charge in [0.15, 0.2) is 0 Å². The number of aliphatic hydroxyl groups excluding tert-OH is 1. The van der Waals surface area contributed by atoms with Crippen LogP contribution in [-0.4, -0.2) is 35.6 Å². The fourth-order valence-corrected chi connectivity index (χ4v) is 3.19. The van der Waals surface area contributed by atoms with Crippen LogP contribution in [-0.2, 0) is 9.59 Å². The molecule has 1 heterocycles. The highest BCUT2D eigenvalue weighted by Crippen LogP contribution is 2.29. The number of benzene rings is 1. The Hall–Kier alpha value is -1.99. The van der Waals surface area contributed by atoms with Crippen molar-refractivity contribution in [3.63, 3.8) is 0 Å². The summed E-state index contributed by atoms with van der Waals surface area (Å²) < 4.78 is 14.2. The molecule has 0 bridgehead atoms. The van der Waals surface area contributed by atoms with Gasteiger partial charge in [0.1, 0.15) is 5.82 Å². The predicted octanol–water partition coefficient (Wildman–Crippen LogP) is 0.989. The quantitative estimate of drug-likeness (QED) is 0.773. The van der Waals surface area contributed by atoms with Gasteiger partial charge in [0.2, 0.25) is 11.8 Å². The summed E-state index contributed by atoms with van der Waals surface area (Å²) in [6.45, 7) is 0.585. The van der Waals surface area contributed by atoms with Crippen LogP contribution in [0.25, 0.3) is 0 Å². The van der Waals surface area contributed by atoms with Crippen LogP contribution in [0.2, 0.25) is 0 Å². The van der Waals surface area contributed by atoms with Gasteiger partial charge in [-0.05, 0) is 37.5 Å². The van der Waals surface area contributed by atoms with Crippen molar-refractivity contribution in [3.8, 4) is 0 Å². The lowest BCUT2D eigenvalue weighted by atomic mass is 10.1. The third-order valence-corrected chi connectivity index (χ3v) is 4.54. The minimum atomic E-state index is -0.695. The Morgan fingerprint density at radius 3 is 2.74 bits per heavy atom.